The molecule has 162 valence electrons. The standard InChI is InChI=1S/C25H29N3O3/c1-4-16-31-21-12-10-18(11-13-21)22-23(27-14-5-6-15-27)25(30)28(24(22)29)20-9-7-8-19(17-20)26(2)3/h7-13,17H,4-6,14-16H2,1-3H3. The maximum atomic E-state index is 13.6. The van der Waals surface area contributed by atoms with E-state index in [2.05, 4.69) is 11.8 Å². The summed E-state index contributed by atoms with van der Waals surface area (Å²) >= 11 is 0. The highest BCUT2D eigenvalue weighted by Gasteiger charge is 2.43. The molecule has 0 aliphatic carbocycles. The second-order valence-corrected chi connectivity index (χ2v) is 8.15. The molecule has 1 fully saturated rings. The zero-order valence-corrected chi connectivity index (χ0v) is 18.4. The maximum absolute atomic E-state index is 13.6. The van der Waals surface area contributed by atoms with Gasteiger partial charge in [-0.15, -0.1) is 0 Å². The average molecular weight is 420 g/mol. The van der Waals surface area contributed by atoms with Gasteiger partial charge in [-0.1, -0.05) is 25.1 Å². The van der Waals surface area contributed by atoms with Gasteiger partial charge in [-0.3, -0.25) is 9.59 Å². The van der Waals surface area contributed by atoms with Crippen molar-refractivity contribution in [2.75, 3.05) is 43.6 Å². The number of hydrogen-bond donors (Lipinski definition) is 0. The molecule has 0 radical (unpaired) electrons. The highest BCUT2D eigenvalue weighted by molar-refractivity contribution is 6.45. The molecule has 0 atom stereocenters. The zero-order chi connectivity index (χ0) is 22.0. The Morgan fingerprint density at radius 1 is 0.968 bits per heavy atom. The minimum absolute atomic E-state index is 0.246. The minimum atomic E-state index is -0.273. The summed E-state index contributed by atoms with van der Waals surface area (Å²) in [5.74, 6) is 0.246. The molecule has 2 aromatic carbocycles. The second kappa shape index (κ2) is 8.84. The maximum Gasteiger partial charge on any atom is 0.282 e. The summed E-state index contributed by atoms with van der Waals surface area (Å²) in [5, 5.41) is 0. The molecule has 0 unspecified atom stereocenters. The lowest BCUT2D eigenvalue weighted by Crippen LogP contribution is -2.34. The minimum Gasteiger partial charge on any atom is -0.494 e. The Bertz CT molecular complexity index is 1000. The van der Waals surface area contributed by atoms with Crippen molar-refractivity contribution in [3.63, 3.8) is 0 Å². The SMILES string of the molecule is CCCOc1ccc(C2=C(N3CCCC3)C(=O)N(c3cccc(N(C)C)c3)C2=O)cc1. The van der Waals surface area contributed by atoms with Crippen molar-refractivity contribution in [1.29, 1.82) is 0 Å². The fourth-order valence-corrected chi connectivity index (χ4v) is 4.09. The third kappa shape index (κ3) is 4.02. The fraction of sp³-hybridized carbons (Fsp3) is 0.360. The second-order valence-electron chi connectivity index (χ2n) is 8.15. The van der Waals surface area contributed by atoms with Crippen molar-refractivity contribution >= 4 is 28.8 Å². The summed E-state index contributed by atoms with van der Waals surface area (Å²) in [5.41, 5.74) is 3.27. The fourth-order valence-electron chi connectivity index (χ4n) is 4.09. The number of ether oxygens (including phenoxy) is 1. The van der Waals surface area contributed by atoms with E-state index in [4.69, 9.17) is 4.74 Å². The van der Waals surface area contributed by atoms with Crippen molar-refractivity contribution in [3.8, 4) is 5.75 Å². The van der Waals surface area contributed by atoms with Gasteiger partial charge >= 0.3 is 0 Å². The first kappa shape index (κ1) is 21.0. The van der Waals surface area contributed by atoms with Crippen LogP contribution in [0.3, 0.4) is 0 Å². The Hall–Kier alpha value is -3.28. The van der Waals surface area contributed by atoms with Crippen LogP contribution in [-0.2, 0) is 9.59 Å². The first-order chi connectivity index (χ1) is 15.0. The summed E-state index contributed by atoms with van der Waals surface area (Å²) in [6.07, 6.45) is 2.98. The predicted octanol–water partition coefficient (Wildman–Crippen LogP) is 3.92. The summed E-state index contributed by atoms with van der Waals surface area (Å²) in [7, 11) is 3.88. The molecule has 6 nitrogen and oxygen atoms in total. The van der Waals surface area contributed by atoms with Crippen LogP contribution in [0, 0.1) is 0 Å². The smallest absolute Gasteiger partial charge is 0.282 e. The Labute approximate surface area is 183 Å². The Balaban J connectivity index is 1.74. The predicted molar refractivity (Wildman–Crippen MR) is 123 cm³/mol. The molecule has 4 rings (SSSR count). The van der Waals surface area contributed by atoms with E-state index in [9.17, 15) is 9.59 Å². The molecular weight excluding hydrogens is 390 g/mol. The molecule has 2 aromatic rings. The van der Waals surface area contributed by atoms with Gasteiger partial charge in [0.1, 0.15) is 11.4 Å². The van der Waals surface area contributed by atoms with Crippen LogP contribution >= 0.6 is 0 Å². The molecule has 1 saturated heterocycles. The van der Waals surface area contributed by atoms with Gasteiger partial charge in [-0.05, 0) is 55.2 Å². The molecule has 6 heteroatoms. The number of nitrogens with zero attached hydrogens (tertiary/aromatic N) is 3. The lowest BCUT2D eigenvalue weighted by molar-refractivity contribution is -0.120. The largest absolute Gasteiger partial charge is 0.494 e. The highest BCUT2D eigenvalue weighted by atomic mass is 16.5. The molecule has 2 aliphatic rings. The summed E-state index contributed by atoms with van der Waals surface area (Å²) in [4.78, 5) is 32.5. The van der Waals surface area contributed by atoms with E-state index in [0.717, 1.165) is 49.4 Å². The highest BCUT2D eigenvalue weighted by Crippen LogP contribution is 2.37. The van der Waals surface area contributed by atoms with Crippen molar-refractivity contribution in [1.82, 2.24) is 4.90 Å². The van der Waals surface area contributed by atoms with Crippen LogP contribution in [0.15, 0.2) is 54.2 Å². The number of carbonyl (C=O) groups excluding carboxylic acids is 2. The summed E-state index contributed by atoms with van der Waals surface area (Å²) in [6, 6.07) is 15.0. The molecule has 0 spiro atoms. The van der Waals surface area contributed by atoms with Crippen LogP contribution in [0.2, 0.25) is 0 Å². The van der Waals surface area contributed by atoms with Gasteiger partial charge in [0.15, 0.2) is 0 Å². The van der Waals surface area contributed by atoms with Gasteiger partial charge < -0.3 is 14.5 Å². The lowest BCUT2D eigenvalue weighted by Gasteiger charge is -2.21. The van der Waals surface area contributed by atoms with Gasteiger partial charge in [0.05, 0.1) is 17.9 Å². The van der Waals surface area contributed by atoms with E-state index in [0.29, 0.717) is 23.6 Å². The van der Waals surface area contributed by atoms with Crippen LogP contribution in [-0.4, -0.2) is 50.5 Å². The van der Waals surface area contributed by atoms with Gasteiger partial charge in [-0.25, -0.2) is 4.90 Å². The van der Waals surface area contributed by atoms with E-state index in [-0.39, 0.29) is 11.8 Å². The molecule has 0 N–H and O–H groups in total. The molecule has 0 aromatic heterocycles. The molecule has 2 heterocycles. The number of amides is 2. The van der Waals surface area contributed by atoms with Crippen molar-refractivity contribution in [2.24, 2.45) is 0 Å². The molecule has 0 saturated carbocycles. The number of likely N-dealkylation sites (tertiary alicyclic amines) is 1. The first-order valence-corrected chi connectivity index (χ1v) is 10.9. The quantitative estimate of drug-likeness (QED) is 0.637. The Morgan fingerprint density at radius 3 is 2.32 bits per heavy atom. The van der Waals surface area contributed by atoms with Crippen LogP contribution in [0.1, 0.15) is 31.7 Å². The number of carbonyl (C=O) groups is 2. The van der Waals surface area contributed by atoms with E-state index in [1.807, 2.05) is 67.5 Å². The van der Waals surface area contributed by atoms with Crippen molar-refractivity contribution in [3.05, 3.63) is 59.8 Å². The number of hydrogen-bond acceptors (Lipinski definition) is 5. The number of rotatable bonds is 7. The number of benzene rings is 2. The number of imide groups is 1. The zero-order valence-electron chi connectivity index (χ0n) is 18.4. The summed E-state index contributed by atoms with van der Waals surface area (Å²) < 4.78 is 5.68. The third-order valence-electron chi connectivity index (χ3n) is 5.70. The topological polar surface area (TPSA) is 53.1 Å². The summed E-state index contributed by atoms with van der Waals surface area (Å²) in [6.45, 7) is 4.29. The van der Waals surface area contributed by atoms with E-state index < -0.39 is 0 Å². The van der Waals surface area contributed by atoms with E-state index in [1.165, 1.54) is 4.90 Å². The van der Waals surface area contributed by atoms with Crippen LogP contribution in [0.5, 0.6) is 5.75 Å². The molecular formula is C25H29N3O3. The molecule has 31 heavy (non-hydrogen) atoms. The monoisotopic (exact) mass is 419 g/mol. The third-order valence-corrected chi connectivity index (χ3v) is 5.70. The van der Waals surface area contributed by atoms with Gasteiger partial charge in [0.25, 0.3) is 11.8 Å². The molecule has 2 aliphatic heterocycles. The van der Waals surface area contributed by atoms with Gasteiger partial charge in [-0.2, -0.15) is 0 Å². The van der Waals surface area contributed by atoms with Crippen LogP contribution in [0.25, 0.3) is 5.57 Å². The van der Waals surface area contributed by atoms with Crippen molar-refractivity contribution < 1.29 is 14.3 Å². The average Bonchev–Trinajstić information content (AvgIpc) is 3.38. The van der Waals surface area contributed by atoms with Gasteiger partial charge in [0, 0.05) is 32.9 Å². The Morgan fingerprint density at radius 2 is 1.68 bits per heavy atom. The first-order valence-electron chi connectivity index (χ1n) is 10.9. The normalized spacial score (nSPS) is 16.5. The number of anilines is 2. The molecule has 0 bridgehead atoms. The van der Waals surface area contributed by atoms with Crippen LogP contribution < -0.4 is 14.5 Å². The van der Waals surface area contributed by atoms with Crippen molar-refractivity contribution in [2.45, 2.75) is 26.2 Å². The van der Waals surface area contributed by atoms with E-state index >= 15 is 0 Å². The van der Waals surface area contributed by atoms with Gasteiger partial charge in [0.2, 0.25) is 0 Å². The lowest BCUT2D eigenvalue weighted by atomic mass is 10.0. The molecule has 2 amide bonds. The van der Waals surface area contributed by atoms with Crippen LogP contribution in [0.4, 0.5) is 11.4 Å². The van der Waals surface area contributed by atoms with E-state index in [1.54, 1.807) is 0 Å². The Kier molecular flexibility index (Phi) is 5.98.